The van der Waals surface area contributed by atoms with Crippen molar-refractivity contribution >= 4 is 11.8 Å². The Morgan fingerprint density at radius 3 is 2.32 bits per heavy atom. The molecule has 3 heteroatoms. The van der Waals surface area contributed by atoms with Crippen LogP contribution in [0.4, 0.5) is 5.69 Å². The first-order chi connectivity index (χ1) is 9.25. The van der Waals surface area contributed by atoms with Gasteiger partial charge in [0.25, 0.3) is 5.69 Å². The monoisotopic (exact) mass is 249 g/mol. The largest absolute Gasteiger partial charge is 0.269 e. The lowest BCUT2D eigenvalue weighted by Gasteiger charge is -1.92. The predicted octanol–water partition coefficient (Wildman–Crippen LogP) is 3.66. The van der Waals surface area contributed by atoms with Gasteiger partial charge in [0, 0.05) is 17.7 Å². The second kappa shape index (κ2) is 6.18. The lowest BCUT2D eigenvalue weighted by Crippen LogP contribution is -1.86. The van der Waals surface area contributed by atoms with Crippen molar-refractivity contribution in [2.24, 2.45) is 0 Å². The Labute approximate surface area is 111 Å². The lowest BCUT2D eigenvalue weighted by molar-refractivity contribution is -0.384. The third-order valence-electron chi connectivity index (χ3n) is 2.45. The Bertz CT molecular complexity index is 647. The van der Waals surface area contributed by atoms with E-state index < -0.39 is 4.92 Å². The molecule has 0 aliphatic heterocycles. The van der Waals surface area contributed by atoms with Crippen molar-refractivity contribution in [3.8, 4) is 11.8 Å². The molecule has 0 aliphatic carbocycles. The van der Waals surface area contributed by atoms with E-state index in [2.05, 4.69) is 11.8 Å². The molecule has 3 nitrogen and oxygen atoms in total. The maximum atomic E-state index is 10.5. The molecule has 0 radical (unpaired) electrons. The highest BCUT2D eigenvalue weighted by Crippen LogP contribution is 2.12. The van der Waals surface area contributed by atoms with Gasteiger partial charge < -0.3 is 0 Å². The first kappa shape index (κ1) is 12.6. The van der Waals surface area contributed by atoms with Crippen LogP contribution >= 0.6 is 0 Å². The highest BCUT2D eigenvalue weighted by Gasteiger charge is 2.01. The molecule has 0 atom stereocenters. The van der Waals surface area contributed by atoms with Crippen molar-refractivity contribution in [2.45, 2.75) is 0 Å². The average molecular weight is 249 g/mol. The molecule has 0 aliphatic rings. The van der Waals surface area contributed by atoms with Crippen LogP contribution in [0.2, 0.25) is 0 Å². The van der Waals surface area contributed by atoms with E-state index in [4.69, 9.17) is 0 Å². The van der Waals surface area contributed by atoms with Crippen molar-refractivity contribution in [1.29, 1.82) is 0 Å². The van der Waals surface area contributed by atoms with Gasteiger partial charge in [0.2, 0.25) is 0 Å². The van der Waals surface area contributed by atoms with E-state index in [1.54, 1.807) is 18.2 Å². The first-order valence-electron chi connectivity index (χ1n) is 5.73. The van der Waals surface area contributed by atoms with E-state index in [0.717, 1.165) is 11.1 Å². The molecule has 0 heterocycles. The van der Waals surface area contributed by atoms with Crippen molar-refractivity contribution < 1.29 is 4.92 Å². The molecule has 2 aromatic carbocycles. The summed E-state index contributed by atoms with van der Waals surface area (Å²) in [5.74, 6) is 5.92. The molecule has 0 spiro atoms. The number of rotatable bonds is 2. The fourth-order valence-electron chi connectivity index (χ4n) is 1.49. The van der Waals surface area contributed by atoms with Crippen molar-refractivity contribution in [3.63, 3.8) is 0 Å². The zero-order valence-electron chi connectivity index (χ0n) is 10.1. The fraction of sp³-hybridized carbons (Fsp3) is 0. The van der Waals surface area contributed by atoms with Gasteiger partial charge in [-0.15, -0.1) is 0 Å². The highest BCUT2D eigenvalue weighted by molar-refractivity contribution is 5.55. The van der Waals surface area contributed by atoms with Crippen molar-refractivity contribution in [2.75, 3.05) is 0 Å². The Balaban J connectivity index is 2.04. The summed E-state index contributed by atoms with van der Waals surface area (Å²) in [4.78, 5) is 10.1. The van der Waals surface area contributed by atoms with Crippen molar-refractivity contribution in [3.05, 3.63) is 81.9 Å². The summed E-state index contributed by atoms with van der Waals surface area (Å²) < 4.78 is 0. The van der Waals surface area contributed by atoms with Gasteiger partial charge in [-0.3, -0.25) is 10.1 Å². The van der Waals surface area contributed by atoms with Crippen LogP contribution in [0.1, 0.15) is 11.1 Å². The topological polar surface area (TPSA) is 43.1 Å². The number of non-ortho nitro benzene ring substituents is 1. The molecule has 0 bridgehead atoms. The molecule has 0 aromatic heterocycles. The Morgan fingerprint density at radius 2 is 1.68 bits per heavy atom. The second-order valence-electron chi connectivity index (χ2n) is 3.82. The van der Waals surface area contributed by atoms with Gasteiger partial charge in [0.1, 0.15) is 0 Å². The quantitative estimate of drug-likeness (QED) is 0.463. The number of hydrogen-bond acceptors (Lipinski definition) is 2. The standard InChI is InChI=1S/C16H11NO2/c18-17(19)16-12-10-15(11-13-16)9-5-4-8-14-6-2-1-3-7-14/h1-3,5-7,9-13H/b9-5+. The van der Waals surface area contributed by atoms with E-state index in [1.165, 1.54) is 12.1 Å². The summed E-state index contributed by atoms with van der Waals surface area (Å²) in [6.45, 7) is 0. The van der Waals surface area contributed by atoms with Gasteiger partial charge in [-0.2, -0.15) is 0 Å². The van der Waals surface area contributed by atoms with Gasteiger partial charge in [-0.1, -0.05) is 30.0 Å². The minimum absolute atomic E-state index is 0.0903. The maximum absolute atomic E-state index is 10.5. The molecule has 2 aromatic rings. The zero-order valence-corrected chi connectivity index (χ0v) is 10.1. The zero-order chi connectivity index (χ0) is 13.5. The highest BCUT2D eigenvalue weighted by atomic mass is 16.6. The van der Waals surface area contributed by atoms with Gasteiger partial charge in [0.15, 0.2) is 0 Å². The van der Waals surface area contributed by atoms with Crippen LogP contribution in [-0.4, -0.2) is 4.92 Å². The molecular formula is C16H11NO2. The summed E-state index contributed by atoms with van der Waals surface area (Å²) in [7, 11) is 0. The number of hydrogen-bond donors (Lipinski definition) is 0. The third-order valence-corrected chi connectivity index (χ3v) is 2.45. The van der Waals surface area contributed by atoms with Gasteiger partial charge >= 0.3 is 0 Å². The molecule has 0 N–H and O–H groups in total. The van der Waals surface area contributed by atoms with Crippen LogP contribution in [0, 0.1) is 22.0 Å². The number of nitro benzene ring substituents is 1. The van der Waals surface area contributed by atoms with Crippen LogP contribution in [0.15, 0.2) is 60.7 Å². The first-order valence-corrected chi connectivity index (χ1v) is 5.73. The molecule has 92 valence electrons. The molecular weight excluding hydrogens is 238 g/mol. The van der Waals surface area contributed by atoms with Gasteiger partial charge in [0.05, 0.1) is 4.92 Å². The number of benzene rings is 2. The van der Waals surface area contributed by atoms with Crippen LogP contribution in [0.3, 0.4) is 0 Å². The third kappa shape index (κ3) is 3.83. The molecule has 0 saturated carbocycles. The number of nitrogens with zero attached hydrogens (tertiary/aromatic N) is 1. The summed E-state index contributed by atoms with van der Waals surface area (Å²) >= 11 is 0. The van der Waals surface area contributed by atoms with E-state index in [9.17, 15) is 10.1 Å². The Morgan fingerprint density at radius 1 is 1.00 bits per heavy atom. The number of allylic oxidation sites excluding steroid dienone is 1. The summed E-state index contributed by atoms with van der Waals surface area (Å²) in [6.07, 6.45) is 3.55. The minimum Gasteiger partial charge on any atom is -0.258 e. The molecule has 0 amide bonds. The van der Waals surface area contributed by atoms with Gasteiger partial charge in [-0.25, -0.2) is 0 Å². The molecule has 0 saturated heterocycles. The van der Waals surface area contributed by atoms with Crippen LogP contribution in [-0.2, 0) is 0 Å². The summed E-state index contributed by atoms with van der Waals surface area (Å²) in [6, 6.07) is 16.0. The van der Waals surface area contributed by atoms with E-state index in [-0.39, 0.29) is 5.69 Å². The SMILES string of the molecule is O=[N+]([O-])c1ccc(/C=C/C#Cc2ccccc2)cc1. The average Bonchev–Trinajstić information content (AvgIpc) is 2.45. The van der Waals surface area contributed by atoms with E-state index >= 15 is 0 Å². The molecule has 19 heavy (non-hydrogen) atoms. The smallest absolute Gasteiger partial charge is 0.258 e. The number of nitro groups is 1. The second-order valence-corrected chi connectivity index (χ2v) is 3.82. The Hall–Kier alpha value is -2.86. The maximum Gasteiger partial charge on any atom is 0.269 e. The van der Waals surface area contributed by atoms with Crippen LogP contribution < -0.4 is 0 Å². The minimum atomic E-state index is -0.414. The van der Waals surface area contributed by atoms with E-state index in [1.807, 2.05) is 36.4 Å². The molecule has 0 fully saturated rings. The normalized spacial score (nSPS) is 9.89. The van der Waals surface area contributed by atoms with E-state index in [0.29, 0.717) is 0 Å². The summed E-state index contributed by atoms with van der Waals surface area (Å²) in [5, 5.41) is 10.5. The Kier molecular flexibility index (Phi) is 4.09. The lowest BCUT2D eigenvalue weighted by atomic mass is 10.2. The molecule has 2 rings (SSSR count). The predicted molar refractivity (Wildman–Crippen MR) is 75.5 cm³/mol. The van der Waals surface area contributed by atoms with Crippen molar-refractivity contribution in [1.82, 2.24) is 0 Å². The molecule has 0 unspecified atom stereocenters. The fourth-order valence-corrected chi connectivity index (χ4v) is 1.49. The summed E-state index contributed by atoms with van der Waals surface area (Å²) in [5.41, 5.74) is 1.93. The van der Waals surface area contributed by atoms with Crippen LogP contribution in [0.25, 0.3) is 6.08 Å². The van der Waals surface area contributed by atoms with Crippen LogP contribution in [0.5, 0.6) is 0 Å². The van der Waals surface area contributed by atoms with Gasteiger partial charge in [-0.05, 0) is 42.0 Å².